The Labute approximate surface area is 159 Å². The molecule has 28 heavy (non-hydrogen) atoms. The van der Waals surface area contributed by atoms with Gasteiger partial charge in [-0.3, -0.25) is 19.1 Å². The first kappa shape index (κ1) is 18.1. The second kappa shape index (κ2) is 7.38. The predicted octanol–water partition coefficient (Wildman–Crippen LogP) is 1.63. The summed E-state index contributed by atoms with van der Waals surface area (Å²) in [6, 6.07) is 7.04. The fourth-order valence-corrected chi connectivity index (χ4v) is 3.69. The SMILES string of the molecule is O=C(Cc1cccnc1)N1CCC(n2c(=O)[nH]c3ccc(F)cc3c2=O)CC1. The lowest BCUT2D eigenvalue weighted by Crippen LogP contribution is -2.45. The second-order valence-electron chi connectivity index (χ2n) is 6.95. The van der Waals surface area contributed by atoms with Crippen molar-refractivity contribution in [2.24, 2.45) is 0 Å². The number of aromatic amines is 1. The molecule has 1 aromatic carbocycles. The van der Waals surface area contributed by atoms with Crippen LogP contribution in [0, 0.1) is 5.82 Å². The fourth-order valence-electron chi connectivity index (χ4n) is 3.69. The molecule has 0 aliphatic carbocycles. The van der Waals surface area contributed by atoms with Gasteiger partial charge in [0.1, 0.15) is 5.82 Å². The highest BCUT2D eigenvalue weighted by Crippen LogP contribution is 2.21. The number of piperidine rings is 1. The van der Waals surface area contributed by atoms with Gasteiger partial charge in [0, 0.05) is 31.5 Å². The van der Waals surface area contributed by atoms with E-state index in [0.29, 0.717) is 31.4 Å². The van der Waals surface area contributed by atoms with Gasteiger partial charge in [-0.2, -0.15) is 0 Å². The van der Waals surface area contributed by atoms with Gasteiger partial charge in [0.25, 0.3) is 5.56 Å². The van der Waals surface area contributed by atoms with Gasteiger partial charge < -0.3 is 9.88 Å². The quantitative estimate of drug-likeness (QED) is 0.746. The number of carbonyl (C=O) groups excluding carboxylic acids is 1. The van der Waals surface area contributed by atoms with Crippen molar-refractivity contribution >= 4 is 16.8 Å². The minimum Gasteiger partial charge on any atom is -0.342 e. The molecule has 7 nitrogen and oxygen atoms in total. The highest BCUT2D eigenvalue weighted by Gasteiger charge is 2.26. The van der Waals surface area contributed by atoms with E-state index in [1.165, 1.54) is 12.1 Å². The molecule has 144 valence electrons. The number of carbonyl (C=O) groups is 1. The van der Waals surface area contributed by atoms with Crippen molar-refractivity contribution in [3.8, 4) is 0 Å². The third kappa shape index (κ3) is 3.45. The van der Waals surface area contributed by atoms with Gasteiger partial charge in [-0.15, -0.1) is 0 Å². The molecule has 1 aliphatic rings. The maximum Gasteiger partial charge on any atom is 0.329 e. The van der Waals surface area contributed by atoms with Crippen LogP contribution in [0.2, 0.25) is 0 Å². The third-order valence-corrected chi connectivity index (χ3v) is 5.15. The molecule has 1 aliphatic heterocycles. The van der Waals surface area contributed by atoms with E-state index in [9.17, 15) is 18.8 Å². The van der Waals surface area contributed by atoms with Crippen molar-refractivity contribution in [3.63, 3.8) is 0 Å². The van der Waals surface area contributed by atoms with Crippen LogP contribution >= 0.6 is 0 Å². The first-order valence-corrected chi connectivity index (χ1v) is 9.13. The molecular formula is C20H19FN4O3. The molecule has 0 bridgehead atoms. The molecule has 0 atom stereocenters. The molecule has 4 rings (SSSR count). The highest BCUT2D eigenvalue weighted by molar-refractivity contribution is 5.79. The molecule has 1 fully saturated rings. The number of fused-ring (bicyclic) bond motifs is 1. The number of hydrogen-bond donors (Lipinski definition) is 1. The Morgan fingerprint density at radius 1 is 1.21 bits per heavy atom. The van der Waals surface area contributed by atoms with E-state index in [1.54, 1.807) is 23.4 Å². The van der Waals surface area contributed by atoms with Crippen molar-refractivity contribution in [1.29, 1.82) is 0 Å². The van der Waals surface area contributed by atoms with Crippen LogP contribution in [0.15, 0.2) is 52.3 Å². The van der Waals surface area contributed by atoms with Gasteiger partial charge in [0.15, 0.2) is 0 Å². The second-order valence-corrected chi connectivity index (χ2v) is 6.95. The fraction of sp³-hybridized carbons (Fsp3) is 0.300. The zero-order valence-electron chi connectivity index (χ0n) is 15.1. The number of amides is 1. The number of halogens is 1. The number of aromatic nitrogens is 3. The van der Waals surface area contributed by atoms with Crippen LogP contribution in [0.3, 0.4) is 0 Å². The minimum absolute atomic E-state index is 0.00621. The first-order chi connectivity index (χ1) is 13.5. The van der Waals surface area contributed by atoms with Gasteiger partial charge >= 0.3 is 5.69 Å². The van der Waals surface area contributed by atoms with E-state index < -0.39 is 17.1 Å². The molecule has 1 N–H and O–H groups in total. The Morgan fingerprint density at radius 3 is 2.71 bits per heavy atom. The molecule has 3 aromatic rings. The summed E-state index contributed by atoms with van der Waals surface area (Å²) < 4.78 is 14.7. The molecule has 1 amide bonds. The van der Waals surface area contributed by atoms with E-state index in [1.807, 2.05) is 6.07 Å². The molecule has 8 heteroatoms. The normalized spacial score (nSPS) is 15.1. The number of nitrogens with zero attached hydrogens (tertiary/aromatic N) is 3. The van der Waals surface area contributed by atoms with Gasteiger partial charge in [-0.25, -0.2) is 9.18 Å². The van der Waals surface area contributed by atoms with Crippen molar-refractivity contribution in [2.45, 2.75) is 25.3 Å². The number of likely N-dealkylation sites (tertiary alicyclic amines) is 1. The van der Waals surface area contributed by atoms with Crippen molar-refractivity contribution in [1.82, 2.24) is 19.4 Å². The van der Waals surface area contributed by atoms with Gasteiger partial charge in [0.2, 0.25) is 5.91 Å². The van der Waals surface area contributed by atoms with E-state index in [4.69, 9.17) is 0 Å². The number of hydrogen-bond acceptors (Lipinski definition) is 4. The van der Waals surface area contributed by atoms with Crippen molar-refractivity contribution in [2.75, 3.05) is 13.1 Å². The van der Waals surface area contributed by atoms with E-state index in [2.05, 4.69) is 9.97 Å². The van der Waals surface area contributed by atoms with Gasteiger partial charge in [-0.05, 0) is 42.7 Å². The number of benzene rings is 1. The summed E-state index contributed by atoms with van der Waals surface area (Å²) in [6.07, 6.45) is 4.57. The summed E-state index contributed by atoms with van der Waals surface area (Å²) in [6.45, 7) is 0.910. The topological polar surface area (TPSA) is 88.1 Å². The highest BCUT2D eigenvalue weighted by atomic mass is 19.1. The number of rotatable bonds is 3. The van der Waals surface area contributed by atoms with Crippen LogP contribution in [0.4, 0.5) is 4.39 Å². The van der Waals surface area contributed by atoms with E-state index in [-0.39, 0.29) is 23.8 Å². The smallest absolute Gasteiger partial charge is 0.329 e. The monoisotopic (exact) mass is 382 g/mol. The molecule has 0 radical (unpaired) electrons. The summed E-state index contributed by atoms with van der Waals surface area (Å²) in [4.78, 5) is 46.0. The number of nitrogens with one attached hydrogen (secondary N) is 1. The largest absolute Gasteiger partial charge is 0.342 e. The average Bonchev–Trinajstić information content (AvgIpc) is 2.70. The Bertz CT molecular complexity index is 1130. The molecule has 0 spiro atoms. The predicted molar refractivity (Wildman–Crippen MR) is 102 cm³/mol. The standard InChI is InChI=1S/C20H19FN4O3/c21-14-3-4-17-16(11-14)19(27)25(20(28)23-17)15-5-8-24(9-6-15)18(26)10-13-2-1-7-22-12-13/h1-4,7,11-12,15H,5-6,8-10H2,(H,23,28). The zero-order valence-corrected chi connectivity index (χ0v) is 15.1. The summed E-state index contributed by atoms with van der Waals surface area (Å²) in [5.74, 6) is -0.535. The van der Waals surface area contributed by atoms with E-state index >= 15 is 0 Å². The Hall–Kier alpha value is -3.29. The molecular weight excluding hydrogens is 363 g/mol. The summed E-state index contributed by atoms with van der Waals surface area (Å²) in [7, 11) is 0. The number of H-pyrrole nitrogens is 1. The molecule has 0 saturated carbocycles. The maximum atomic E-state index is 13.5. The van der Waals surface area contributed by atoms with Gasteiger partial charge in [0.05, 0.1) is 17.3 Å². The number of pyridine rings is 1. The van der Waals surface area contributed by atoms with Crippen LogP contribution < -0.4 is 11.2 Å². The minimum atomic E-state index is -0.529. The van der Waals surface area contributed by atoms with Crippen LogP contribution in [0.1, 0.15) is 24.4 Å². The van der Waals surface area contributed by atoms with Crippen LogP contribution in [0.25, 0.3) is 10.9 Å². The molecule has 1 saturated heterocycles. The van der Waals surface area contributed by atoms with Crippen LogP contribution in [0.5, 0.6) is 0 Å². The molecule has 0 unspecified atom stereocenters. The summed E-state index contributed by atoms with van der Waals surface area (Å²) >= 11 is 0. The van der Waals surface area contributed by atoms with E-state index in [0.717, 1.165) is 16.2 Å². The van der Waals surface area contributed by atoms with Gasteiger partial charge in [-0.1, -0.05) is 6.07 Å². The lowest BCUT2D eigenvalue weighted by atomic mass is 10.0. The Balaban J connectivity index is 1.52. The lowest BCUT2D eigenvalue weighted by Gasteiger charge is -2.32. The van der Waals surface area contributed by atoms with Crippen LogP contribution in [-0.4, -0.2) is 38.4 Å². The third-order valence-electron chi connectivity index (χ3n) is 5.15. The summed E-state index contributed by atoms with van der Waals surface area (Å²) in [5, 5.41) is 0.148. The molecule has 2 aromatic heterocycles. The average molecular weight is 382 g/mol. The van der Waals surface area contributed by atoms with Crippen molar-refractivity contribution < 1.29 is 9.18 Å². The zero-order chi connectivity index (χ0) is 19.7. The Kier molecular flexibility index (Phi) is 4.77. The maximum absolute atomic E-state index is 13.5. The van der Waals surface area contributed by atoms with Crippen molar-refractivity contribution in [3.05, 3.63) is 74.9 Å². The Morgan fingerprint density at radius 2 is 2.00 bits per heavy atom. The lowest BCUT2D eigenvalue weighted by molar-refractivity contribution is -0.131. The summed E-state index contributed by atoms with van der Waals surface area (Å²) in [5.41, 5.74) is 0.151. The first-order valence-electron chi connectivity index (χ1n) is 9.13. The van der Waals surface area contributed by atoms with Crippen LogP contribution in [-0.2, 0) is 11.2 Å². The molecule has 3 heterocycles.